The average molecular weight is 280 g/mol. The van der Waals surface area contributed by atoms with Crippen molar-refractivity contribution in [3.05, 3.63) is 24.3 Å². The molecular formula is C14H20N2O4. The number of anilines is 1. The average Bonchev–Trinajstić information content (AvgIpc) is 2.34. The predicted octanol–water partition coefficient (Wildman–Crippen LogP) is 2.32. The first-order chi connectivity index (χ1) is 9.24. The quantitative estimate of drug-likeness (QED) is 0.789. The molecule has 3 N–H and O–H groups in total. The Bertz CT molecular complexity index is 494. The van der Waals surface area contributed by atoms with Crippen LogP contribution in [-0.2, 0) is 4.79 Å². The molecule has 6 nitrogen and oxygen atoms in total. The lowest BCUT2D eigenvalue weighted by Crippen LogP contribution is -2.50. The van der Waals surface area contributed by atoms with Gasteiger partial charge in [-0.15, -0.1) is 0 Å². The molecule has 1 unspecified atom stereocenters. The van der Waals surface area contributed by atoms with Gasteiger partial charge in [0, 0.05) is 11.8 Å². The third kappa shape index (κ3) is 4.46. The highest BCUT2D eigenvalue weighted by Crippen LogP contribution is 2.20. The van der Waals surface area contributed by atoms with Gasteiger partial charge in [0.2, 0.25) is 0 Å². The second-order valence-electron chi connectivity index (χ2n) is 5.47. The molecule has 0 heterocycles. The number of hydrogen-bond donors (Lipinski definition) is 3. The van der Waals surface area contributed by atoms with Crippen LogP contribution in [0.25, 0.3) is 0 Å². The van der Waals surface area contributed by atoms with E-state index in [0.717, 1.165) is 0 Å². The molecule has 1 aromatic rings. The minimum atomic E-state index is -1.07. The number of benzene rings is 1. The predicted molar refractivity (Wildman–Crippen MR) is 76.0 cm³/mol. The van der Waals surface area contributed by atoms with Gasteiger partial charge < -0.3 is 20.5 Å². The number of ether oxygens (including phenoxy) is 1. The first-order valence-electron chi connectivity index (χ1n) is 6.18. The van der Waals surface area contributed by atoms with E-state index in [4.69, 9.17) is 9.84 Å². The summed E-state index contributed by atoms with van der Waals surface area (Å²) in [5.41, 5.74) is -0.0581. The Labute approximate surface area is 118 Å². The normalized spacial score (nSPS) is 12.4. The summed E-state index contributed by atoms with van der Waals surface area (Å²) < 4.78 is 5.04. The van der Waals surface area contributed by atoms with E-state index in [-0.39, 0.29) is 0 Å². The molecule has 1 atom stereocenters. The maximum atomic E-state index is 11.8. The van der Waals surface area contributed by atoms with E-state index in [9.17, 15) is 9.59 Å². The zero-order chi connectivity index (χ0) is 15.3. The number of carboxylic acids is 1. The van der Waals surface area contributed by atoms with Gasteiger partial charge in [-0.2, -0.15) is 0 Å². The Morgan fingerprint density at radius 1 is 1.30 bits per heavy atom. The van der Waals surface area contributed by atoms with Crippen LogP contribution in [0.1, 0.15) is 20.8 Å². The zero-order valence-electron chi connectivity index (χ0n) is 12.1. The van der Waals surface area contributed by atoms with E-state index in [1.54, 1.807) is 45.0 Å². The minimum absolute atomic E-state index is 0.528. The molecule has 1 aromatic carbocycles. The lowest BCUT2D eigenvalue weighted by Gasteiger charge is -2.27. The molecule has 0 fully saturated rings. The number of amides is 2. The molecule has 0 radical (unpaired) electrons. The number of nitrogens with one attached hydrogen (secondary N) is 2. The van der Waals surface area contributed by atoms with Gasteiger partial charge in [-0.25, -0.2) is 9.59 Å². The van der Waals surface area contributed by atoms with Gasteiger partial charge in [0.25, 0.3) is 0 Å². The molecule has 110 valence electrons. The Balaban J connectivity index is 2.73. The number of carboxylic acid groups (broad SMARTS) is 1. The van der Waals surface area contributed by atoms with E-state index in [1.807, 2.05) is 0 Å². The fourth-order valence-corrected chi connectivity index (χ4v) is 1.65. The highest BCUT2D eigenvalue weighted by atomic mass is 16.5. The van der Waals surface area contributed by atoms with Crippen LogP contribution in [0.3, 0.4) is 0 Å². The maximum Gasteiger partial charge on any atom is 0.326 e. The number of aliphatic carboxylic acids is 1. The van der Waals surface area contributed by atoms with Crippen LogP contribution in [0.5, 0.6) is 5.75 Å². The van der Waals surface area contributed by atoms with Crippen LogP contribution in [0.15, 0.2) is 24.3 Å². The molecule has 6 heteroatoms. The highest BCUT2D eigenvalue weighted by Gasteiger charge is 2.32. The van der Waals surface area contributed by atoms with E-state index >= 15 is 0 Å². The number of carbonyl (C=O) groups excluding carboxylic acids is 1. The summed E-state index contributed by atoms with van der Waals surface area (Å²) in [5, 5.41) is 14.2. The highest BCUT2D eigenvalue weighted by molar-refractivity contribution is 5.92. The number of methoxy groups -OCH3 is 1. The van der Waals surface area contributed by atoms with Crippen LogP contribution in [0, 0.1) is 5.41 Å². The van der Waals surface area contributed by atoms with Gasteiger partial charge >= 0.3 is 12.0 Å². The fourth-order valence-electron chi connectivity index (χ4n) is 1.65. The van der Waals surface area contributed by atoms with Crippen LogP contribution in [0.2, 0.25) is 0 Å². The monoisotopic (exact) mass is 280 g/mol. The van der Waals surface area contributed by atoms with Crippen molar-refractivity contribution in [1.29, 1.82) is 0 Å². The summed E-state index contributed by atoms with van der Waals surface area (Å²) in [5.74, 6) is -0.466. The smallest absolute Gasteiger partial charge is 0.326 e. The third-order valence-electron chi connectivity index (χ3n) is 2.72. The molecule has 0 aliphatic rings. The summed E-state index contributed by atoms with van der Waals surface area (Å²) >= 11 is 0. The molecule has 0 aromatic heterocycles. The SMILES string of the molecule is COc1cccc(NC(=O)NC(C(=O)O)C(C)(C)C)c1. The maximum absolute atomic E-state index is 11.8. The minimum Gasteiger partial charge on any atom is -0.497 e. The largest absolute Gasteiger partial charge is 0.497 e. The van der Waals surface area contributed by atoms with E-state index < -0.39 is 23.5 Å². The first-order valence-corrected chi connectivity index (χ1v) is 6.18. The number of rotatable bonds is 4. The van der Waals surface area contributed by atoms with Gasteiger partial charge in [-0.05, 0) is 17.5 Å². The van der Waals surface area contributed by atoms with E-state index in [0.29, 0.717) is 11.4 Å². The Morgan fingerprint density at radius 3 is 2.45 bits per heavy atom. The standard InChI is InChI=1S/C14H20N2O4/c1-14(2,3)11(12(17)18)16-13(19)15-9-6-5-7-10(8-9)20-4/h5-8,11H,1-4H3,(H,17,18)(H2,15,16,19). The Hall–Kier alpha value is -2.24. The summed E-state index contributed by atoms with van der Waals surface area (Å²) in [4.78, 5) is 23.0. The Morgan fingerprint density at radius 2 is 1.95 bits per heavy atom. The van der Waals surface area contributed by atoms with Gasteiger partial charge in [-0.3, -0.25) is 0 Å². The summed E-state index contributed by atoms with van der Waals surface area (Å²) in [6.45, 7) is 5.24. The molecule has 0 aliphatic heterocycles. The first kappa shape index (κ1) is 15.8. The van der Waals surface area contributed by atoms with Crippen LogP contribution in [-0.4, -0.2) is 30.3 Å². The van der Waals surface area contributed by atoms with Crippen molar-refractivity contribution < 1.29 is 19.4 Å². The van der Waals surface area contributed by atoms with Crippen molar-refractivity contribution in [2.45, 2.75) is 26.8 Å². The topological polar surface area (TPSA) is 87.7 Å². The Kier molecular flexibility index (Phi) is 4.96. The molecule has 0 aliphatic carbocycles. The van der Waals surface area contributed by atoms with Gasteiger partial charge in [-0.1, -0.05) is 26.8 Å². The number of hydrogen-bond acceptors (Lipinski definition) is 3. The van der Waals surface area contributed by atoms with Crippen molar-refractivity contribution in [3.8, 4) is 5.75 Å². The van der Waals surface area contributed by atoms with Crippen molar-refractivity contribution in [2.75, 3.05) is 12.4 Å². The molecule has 0 spiro atoms. The lowest BCUT2D eigenvalue weighted by molar-refractivity contribution is -0.141. The lowest BCUT2D eigenvalue weighted by atomic mass is 9.87. The van der Waals surface area contributed by atoms with Gasteiger partial charge in [0.05, 0.1) is 7.11 Å². The van der Waals surface area contributed by atoms with Crippen molar-refractivity contribution in [2.24, 2.45) is 5.41 Å². The van der Waals surface area contributed by atoms with Crippen LogP contribution in [0.4, 0.5) is 10.5 Å². The molecule has 2 amide bonds. The second kappa shape index (κ2) is 6.27. The molecule has 1 rings (SSSR count). The molecular weight excluding hydrogens is 260 g/mol. The third-order valence-corrected chi connectivity index (χ3v) is 2.72. The summed E-state index contributed by atoms with van der Waals surface area (Å²) in [6.07, 6.45) is 0. The molecule has 0 saturated carbocycles. The van der Waals surface area contributed by atoms with Gasteiger partial charge in [0.1, 0.15) is 11.8 Å². The molecule has 20 heavy (non-hydrogen) atoms. The molecule has 0 saturated heterocycles. The van der Waals surface area contributed by atoms with E-state index in [2.05, 4.69) is 10.6 Å². The van der Waals surface area contributed by atoms with Crippen molar-refractivity contribution in [3.63, 3.8) is 0 Å². The summed E-state index contributed by atoms with van der Waals surface area (Å²) in [6, 6.07) is 5.26. The van der Waals surface area contributed by atoms with E-state index in [1.165, 1.54) is 7.11 Å². The fraction of sp³-hybridized carbons (Fsp3) is 0.429. The van der Waals surface area contributed by atoms with Crippen molar-refractivity contribution in [1.82, 2.24) is 5.32 Å². The second-order valence-corrected chi connectivity index (χ2v) is 5.47. The van der Waals surface area contributed by atoms with Gasteiger partial charge in [0.15, 0.2) is 0 Å². The van der Waals surface area contributed by atoms with Crippen LogP contribution < -0.4 is 15.4 Å². The molecule has 0 bridgehead atoms. The number of urea groups is 1. The zero-order valence-corrected chi connectivity index (χ0v) is 12.1. The number of carbonyl (C=O) groups is 2. The van der Waals surface area contributed by atoms with Crippen LogP contribution >= 0.6 is 0 Å². The summed E-state index contributed by atoms with van der Waals surface area (Å²) in [7, 11) is 1.53. The van der Waals surface area contributed by atoms with Crippen molar-refractivity contribution >= 4 is 17.7 Å².